The lowest BCUT2D eigenvalue weighted by Gasteiger charge is -2.32. The highest BCUT2D eigenvalue weighted by Crippen LogP contribution is 2.37. The van der Waals surface area contributed by atoms with Crippen LogP contribution in [0.25, 0.3) is 0 Å². The third kappa shape index (κ3) is 5.38. The Morgan fingerprint density at radius 1 is 0.632 bits per heavy atom. The Hall–Kier alpha value is -0.780. The van der Waals surface area contributed by atoms with Gasteiger partial charge < -0.3 is 0 Å². The Balaban J connectivity index is 0.000000163. The maximum Gasteiger partial charge on any atom is -0.0386 e. The number of aryl methyl sites for hydroxylation is 1. The van der Waals surface area contributed by atoms with Gasteiger partial charge in [-0.1, -0.05) is 100 Å². The van der Waals surface area contributed by atoms with Crippen LogP contribution in [0.1, 0.15) is 69.8 Å². The smallest absolute Gasteiger partial charge is 0.0386 e. The van der Waals surface area contributed by atoms with Crippen molar-refractivity contribution in [1.29, 1.82) is 0 Å². The minimum Gasteiger partial charge on any atom is -0.0622 e. The summed E-state index contributed by atoms with van der Waals surface area (Å²) < 4.78 is 0. The summed E-state index contributed by atoms with van der Waals surface area (Å²) >= 11 is 0. The molecule has 2 fully saturated rings. The molecule has 2 saturated carbocycles. The van der Waals surface area contributed by atoms with Gasteiger partial charge in [0.15, 0.2) is 0 Å². The molecule has 0 amide bonds. The summed E-state index contributed by atoms with van der Waals surface area (Å²) in [5.41, 5.74) is 1.32. The second kappa shape index (κ2) is 8.40. The first-order chi connectivity index (χ1) is 9.36. The van der Waals surface area contributed by atoms with Crippen molar-refractivity contribution in [1.82, 2.24) is 0 Å². The molecule has 0 N–H and O–H groups in total. The van der Waals surface area contributed by atoms with E-state index in [2.05, 4.69) is 19.1 Å². The van der Waals surface area contributed by atoms with Gasteiger partial charge in [-0.15, -0.1) is 0 Å². The third-order valence-corrected chi connectivity index (χ3v) is 4.91. The lowest BCUT2D eigenvalue weighted by atomic mass is 9.73. The van der Waals surface area contributed by atoms with E-state index in [0.29, 0.717) is 0 Å². The zero-order valence-electron chi connectivity index (χ0n) is 12.6. The van der Waals surface area contributed by atoms with Crippen molar-refractivity contribution in [2.75, 3.05) is 0 Å². The van der Waals surface area contributed by atoms with E-state index in [1.807, 2.05) is 18.2 Å². The van der Waals surface area contributed by atoms with E-state index in [4.69, 9.17) is 0 Å². The Morgan fingerprint density at radius 3 is 1.37 bits per heavy atom. The molecule has 0 bridgehead atoms. The monoisotopic (exact) mass is 258 g/mol. The first-order valence-electron chi connectivity index (χ1n) is 8.38. The molecule has 2 aliphatic rings. The molecule has 19 heavy (non-hydrogen) atoms. The summed E-state index contributed by atoms with van der Waals surface area (Å²) in [5, 5.41) is 0. The lowest BCUT2D eigenvalue weighted by Crippen LogP contribution is -2.20. The van der Waals surface area contributed by atoms with Gasteiger partial charge in [-0.25, -0.2) is 0 Å². The van der Waals surface area contributed by atoms with Crippen molar-refractivity contribution >= 4 is 0 Å². The molecule has 1 aromatic rings. The van der Waals surface area contributed by atoms with Gasteiger partial charge in [0, 0.05) is 0 Å². The van der Waals surface area contributed by atoms with Crippen molar-refractivity contribution in [3.05, 3.63) is 35.9 Å². The van der Waals surface area contributed by atoms with Crippen LogP contribution < -0.4 is 0 Å². The molecule has 0 saturated heterocycles. The molecule has 0 nitrogen and oxygen atoms in total. The number of hydrogen-bond acceptors (Lipinski definition) is 0. The Labute approximate surface area is 119 Å². The average molecular weight is 258 g/mol. The minimum atomic E-state index is 1.14. The molecule has 0 aliphatic heterocycles. The van der Waals surface area contributed by atoms with Crippen LogP contribution >= 0.6 is 0 Å². The van der Waals surface area contributed by atoms with E-state index in [0.717, 1.165) is 11.8 Å². The lowest BCUT2D eigenvalue weighted by molar-refractivity contribution is 0.196. The van der Waals surface area contributed by atoms with Gasteiger partial charge in [0.2, 0.25) is 0 Å². The minimum absolute atomic E-state index is 1.14. The number of benzene rings is 1. The molecule has 2 aliphatic carbocycles. The van der Waals surface area contributed by atoms with E-state index in [-0.39, 0.29) is 0 Å². The van der Waals surface area contributed by atoms with Crippen LogP contribution in [0, 0.1) is 18.8 Å². The Morgan fingerprint density at radius 2 is 1.05 bits per heavy atom. The largest absolute Gasteiger partial charge is 0.0622 e. The van der Waals surface area contributed by atoms with Crippen LogP contribution in [0.5, 0.6) is 0 Å². The predicted octanol–water partition coefficient (Wildman–Crippen LogP) is 6.14. The van der Waals surface area contributed by atoms with Gasteiger partial charge in [0.25, 0.3) is 0 Å². The molecule has 1 aromatic carbocycles. The quantitative estimate of drug-likeness (QED) is 0.567. The summed E-state index contributed by atoms with van der Waals surface area (Å²) in [6, 6.07) is 10.3. The normalized spacial score (nSPS) is 21.5. The second-order valence-corrected chi connectivity index (χ2v) is 6.45. The summed E-state index contributed by atoms with van der Waals surface area (Å²) in [7, 11) is 0. The third-order valence-electron chi connectivity index (χ3n) is 4.91. The molecule has 0 atom stereocenters. The van der Waals surface area contributed by atoms with Crippen LogP contribution in [-0.2, 0) is 0 Å². The van der Waals surface area contributed by atoms with Gasteiger partial charge >= 0.3 is 0 Å². The molecule has 0 radical (unpaired) electrons. The van der Waals surface area contributed by atoms with Crippen LogP contribution in [0.2, 0.25) is 0 Å². The highest BCUT2D eigenvalue weighted by atomic mass is 14.3. The van der Waals surface area contributed by atoms with Gasteiger partial charge in [0.1, 0.15) is 0 Å². The average Bonchev–Trinajstić information content (AvgIpc) is 2.51. The summed E-state index contributed by atoms with van der Waals surface area (Å²) in [6.45, 7) is 2.08. The van der Waals surface area contributed by atoms with Crippen molar-refractivity contribution in [3.8, 4) is 0 Å². The van der Waals surface area contributed by atoms with E-state index in [1.54, 1.807) is 25.7 Å². The van der Waals surface area contributed by atoms with Gasteiger partial charge in [-0.3, -0.25) is 0 Å². The number of hydrogen-bond donors (Lipinski definition) is 0. The fraction of sp³-hybridized carbons (Fsp3) is 0.684. The SMILES string of the molecule is C1CCC(C2CCCCC2)CC1.Cc1ccccc1. The van der Waals surface area contributed by atoms with E-state index in [9.17, 15) is 0 Å². The highest BCUT2D eigenvalue weighted by Gasteiger charge is 2.24. The highest BCUT2D eigenvalue weighted by molar-refractivity contribution is 5.11. The van der Waals surface area contributed by atoms with Gasteiger partial charge in [-0.05, 0) is 18.8 Å². The zero-order valence-corrected chi connectivity index (χ0v) is 12.6. The van der Waals surface area contributed by atoms with Crippen LogP contribution in [0.15, 0.2) is 30.3 Å². The molecule has 0 unspecified atom stereocenters. The van der Waals surface area contributed by atoms with Crippen molar-refractivity contribution in [2.24, 2.45) is 11.8 Å². The summed E-state index contributed by atoms with van der Waals surface area (Å²) in [6.07, 6.45) is 15.4. The summed E-state index contributed by atoms with van der Waals surface area (Å²) in [5.74, 6) is 2.28. The fourth-order valence-corrected chi connectivity index (χ4v) is 3.75. The standard InChI is InChI=1S/C12H22.C7H8/c1-3-7-11(8-4-1)12-9-5-2-6-10-12;1-7-5-3-2-4-6-7/h11-12H,1-10H2;2-6H,1H3. The maximum atomic E-state index is 2.08. The first-order valence-corrected chi connectivity index (χ1v) is 8.38. The van der Waals surface area contributed by atoms with Crippen LogP contribution in [0.4, 0.5) is 0 Å². The Kier molecular flexibility index (Phi) is 6.47. The van der Waals surface area contributed by atoms with Crippen LogP contribution in [-0.4, -0.2) is 0 Å². The molecule has 0 heteroatoms. The molecular weight excluding hydrogens is 228 g/mol. The number of rotatable bonds is 1. The second-order valence-electron chi connectivity index (χ2n) is 6.45. The van der Waals surface area contributed by atoms with Crippen molar-refractivity contribution in [3.63, 3.8) is 0 Å². The molecule has 3 rings (SSSR count). The van der Waals surface area contributed by atoms with Gasteiger partial charge in [-0.2, -0.15) is 0 Å². The molecule has 0 spiro atoms. The maximum absolute atomic E-state index is 2.08. The first kappa shape index (κ1) is 14.6. The topological polar surface area (TPSA) is 0 Å². The fourth-order valence-electron chi connectivity index (χ4n) is 3.75. The van der Waals surface area contributed by atoms with Crippen molar-refractivity contribution in [2.45, 2.75) is 71.1 Å². The zero-order chi connectivity index (χ0) is 13.3. The predicted molar refractivity (Wildman–Crippen MR) is 84.3 cm³/mol. The van der Waals surface area contributed by atoms with E-state index in [1.165, 1.54) is 44.1 Å². The van der Waals surface area contributed by atoms with Crippen molar-refractivity contribution < 1.29 is 0 Å². The van der Waals surface area contributed by atoms with Crippen LogP contribution in [0.3, 0.4) is 0 Å². The molecule has 0 heterocycles. The van der Waals surface area contributed by atoms with E-state index < -0.39 is 0 Å². The molecule has 0 aromatic heterocycles. The van der Waals surface area contributed by atoms with E-state index >= 15 is 0 Å². The Bertz CT molecular complexity index is 299. The summed E-state index contributed by atoms with van der Waals surface area (Å²) in [4.78, 5) is 0. The molecule has 106 valence electrons. The molecular formula is C19H30. The van der Waals surface area contributed by atoms with Gasteiger partial charge in [0.05, 0.1) is 0 Å².